The zero-order valence-corrected chi connectivity index (χ0v) is 12.5. The molecule has 0 radical (unpaired) electrons. The Morgan fingerprint density at radius 2 is 1.81 bits per heavy atom. The fraction of sp³-hybridized carbons (Fsp3) is 0.333. The van der Waals surface area contributed by atoms with E-state index < -0.39 is 20.2 Å². The predicted molar refractivity (Wildman–Crippen MR) is 71.9 cm³/mol. The molecular formula is C12H10ClF3N2O2S. The number of alkyl halides is 3. The Morgan fingerprint density at radius 1 is 1.19 bits per heavy atom. The van der Waals surface area contributed by atoms with Gasteiger partial charge in [-0.25, -0.2) is 18.4 Å². The normalized spacial score (nSPS) is 13.1. The molecule has 4 nitrogen and oxygen atoms in total. The van der Waals surface area contributed by atoms with Crippen LogP contribution in [0, 0.1) is 0 Å². The Hall–Kier alpha value is -1.41. The van der Waals surface area contributed by atoms with Crippen LogP contribution >= 0.6 is 11.6 Å². The van der Waals surface area contributed by atoms with E-state index >= 15 is 0 Å². The van der Waals surface area contributed by atoms with Crippen molar-refractivity contribution in [3.63, 3.8) is 0 Å². The maximum absolute atomic E-state index is 12.8. The molecule has 9 heteroatoms. The molecular weight excluding hydrogens is 329 g/mol. The van der Waals surface area contributed by atoms with Crippen LogP contribution in [-0.2, 0) is 9.84 Å². The van der Waals surface area contributed by atoms with Crippen molar-refractivity contribution in [3.8, 4) is 0 Å². The molecule has 0 saturated heterocycles. The third kappa shape index (κ3) is 2.69. The third-order valence-electron chi connectivity index (χ3n) is 2.84. The fourth-order valence-corrected chi connectivity index (χ4v) is 3.14. The summed E-state index contributed by atoms with van der Waals surface area (Å²) in [5.41, 5.74) is -5.27. The number of hydrogen-bond acceptors (Lipinski definition) is 4. The summed E-state index contributed by atoms with van der Waals surface area (Å²) in [6.07, 6.45) is 1.04. The Balaban J connectivity index is 2.93. The summed E-state index contributed by atoms with van der Waals surface area (Å²) in [5, 5.41) is 0.0739. The van der Waals surface area contributed by atoms with Gasteiger partial charge in [-0.3, -0.25) is 0 Å². The Labute approximate surface area is 123 Å². The van der Waals surface area contributed by atoms with Gasteiger partial charge in [0.2, 0.25) is 0 Å². The minimum atomic E-state index is -5.54. The summed E-state index contributed by atoms with van der Waals surface area (Å²) in [6.45, 7) is 3.56. The summed E-state index contributed by atoms with van der Waals surface area (Å²) in [7, 11) is -5.54. The van der Waals surface area contributed by atoms with Crippen LogP contribution in [0.5, 0.6) is 0 Å². The van der Waals surface area contributed by atoms with Gasteiger partial charge in [-0.2, -0.15) is 13.2 Å². The van der Waals surface area contributed by atoms with Crippen LogP contribution in [0.25, 0.3) is 10.9 Å². The van der Waals surface area contributed by atoms with Crippen molar-refractivity contribution in [1.82, 2.24) is 9.97 Å². The molecule has 0 aliphatic carbocycles. The van der Waals surface area contributed by atoms with E-state index in [1.54, 1.807) is 13.8 Å². The van der Waals surface area contributed by atoms with Gasteiger partial charge in [-0.05, 0) is 18.1 Å². The van der Waals surface area contributed by atoms with Gasteiger partial charge in [0.1, 0.15) is 11.2 Å². The first kappa shape index (κ1) is 16.0. The van der Waals surface area contributed by atoms with Crippen LogP contribution in [0.3, 0.4) is 0 Å². The maximum Gasteiger partial charge on any atom is 0.501 e. The molecule has 0 amide bonds. The average molecular weight is 339 g/mol. The predicted octanol–water partition coefficient (Wildman–Crippen LogP) is 3.70. The van der Waals surface area contributed by atoms with Gasteiger partial charge in [0.25, 0.3) is 9.84 Å². The lowest BCUT2D eigenvalue weighted by Crippen LogP contribution is -2.23. The highest BCUT2D eigenvalue weighted by molar-refractivity contribution is 7.92. The van der Waals surface area contributed by atoms with Crippen molar-refractivity contribution >= 4 is 32.3 Å². The monoisotopic (exact) mass is 338 g/mol. The van der Waals surface area contributed by atoms with E-state index in [0.29, 0.717) is 5.69 Å². The van der Waals surface area contributed by atoms with Gasteiger partial charge in [-0.15, -0.1) is 0 Å². The average Bonchev–Trinajstić information content (AvgIpc) is 2.35. The van der Waals surface area contributed by atoms with Crippen LogP contribution in [0.1, 0.15) is 25.5 Å². The van der Waals surface area contributed by atoms with Gasteiger partial charge in [0, 0.05) is 10.4 Å². The molecule has 0 saturated carbocycles. The largest absolute Gasteiger partial charge is 0.501 e. The number of sulfone groups is 1. The zero-order chi connectivity index (χ0) is 16.0. The molecule has 0 spiro atoms. The van der Waals surface area contributed by atoms with Crippen molar-refractivity contribution in [1.29, 1.82) is 0 Å². The van der Waals surface area contributed by atoms with E-state index in [1.165, 1.54) is 6.07 Å². The lowest BCUT2D eigenvalue weighted by Gasteiger charge is -2.13. The molecule has 0 N–H and O–H groups in total. The number of nitrogens with zero attached hydrogens (tertiary/aromatic N) is 2. The fourth-order valence-electron chi connectivity index (χ4n) is 1.91. The summed E-state index contributed by atoms with van der Waals surface area (Å²) in [6, 6.07) is 2.12. The molecule has 2 rings (SSSR count). The van der Waals surface area contributed by atoms with Crippen molar-refractivity contribution in [2.45, 2.75) is 30.2 Å². The Kier molecular flexibility index (Phi) is 3.88. The lowest BCUT2D eigenvalue weighted by molar-refractivity contribution is -0.0435. The molecule has 1 aromatic carbocycles. The SMILES string of the molecule is CC(C)c1ncnc2c(S(=O)(=O)C(F)(F)F)cc(Cl)cc12. The van der Waals surface area contributed by atoms with E-state index in [2.05, 4.69) is 9.97 Å². The minimum absolute atomic E-state index is 0.123. The molecule has 0 aliphatic rings. The van der Waals surface area contributed by atoms with Gasteiger partial charge in [-0.1, -0.05) is 25.4 Å². The van der Waals surface area contributed by atoms with E-state index in [9.17, 15) is 21.6 Å². The lowest BCUT2D eigenvalue weighted by atomic mass is 10.0. The summed E-state index contributed by atoms with van der Waals surface area (Å²) < 4.78 is 61.6. The number of aromatic nitrogens is 2. The number of hydrogen-bond donors (Lipinski definition) is 0. The zero-order valence-electron chi connectivity index (χ0n) is 10.9. The highest BCUT2D eigenvalue weighted by Gasteiger charge is 2.48. The number of fused-ring (bicyclic) bond motifs is 1. The Morgan fingerprint density at radius 3 is 2.33 bits per heavy atom. The molecule has 2 aromatic rings. The molecule has 114 valence electrons. The Bertz CT molecular complexity index is 804. The molecule has 1 heterocycles. The second kappa shape index (κ2) is 5.10. The highest BCUT2D eigenvalue weighted by atomic mass is 35.5. The number of rotatable bonds is 2. The van der Waals surface area contributed by atoms with Crippen LogP contribution in [0.4, 0.5) is 13.2 Å². The van der Waals surface area contributed by atoms with Crippen LogP contribution < -0.4 is 0 Å². The molecule has 0 unspecified atom stereocenters. The second-order valence-electron chi connectivity index (χ2n) is 4.66. The van der Waals surface area contributed by atoms with E-state index in [1.807, 2.05) is 0 Å². The van der Waals surface area contributed by atoms with Gasteiger partial charge >= 0.3 is 5.51 Å². The number of benzene rings is 1. The van der Waals surface area contributed by atoms with Crippen molar-refractivity contribution in [2.24, 2.45) is 0 Å². The van der Waals surface area contributed by atoms with Crippen LogP contribution in [0.2, 0.25) is 5.02 Å². The first-order valence-corrected chi connectivity index (χ1v) is 7.67. The second-order valence-corrected chi connectivity index (χ2v) is 7.01. The molecule has 21 heavy (non-hydrogen) atoms. The third-order valence-corrected chi connectivity index (χ3v) is 4.56. The highest BCUT2D eigenvalue weighted by Crippen LogP contribution is 2.36. The molecule has 0 bridgehead atoms. The smallest absolute Gasteiger partial charge is 0.240 e. The molecule has 1 aromatic heterocycles. The van der Waals surface area contributed by atoms with E-state index in [4.69, 9.17) is 11.6 Å². The van der Waals surface area contributed by atoms with E-state index in [-0.39, 0.29) is 21.8 Å². The summed E-state index contributed by atoms with van der Waals surface area (Å²) >= 11 is 5.77. The molecule has 0 atom stereocenters. The van der Waals surface area contributed by atoms with Gasteiger partial charge in [0.15, 0.2) is 0 Å². The van der Waals surface area contributed by atoms with Gasteiger partial charge in [0.05, 0.1) is 11.2 Å². The van der Waals surface area contributed by atoms with Gasteiger partial charge < -0.3 is 0 Å². The quantitative estimate of drug-likeness (QED) is 0.837. The van der Waals surface area contributed by atoms with Crippen LogP contribution in [-0.4, -0.2) is 23.9 Å². The van der Waals surface area contributed by atoms with Crippen molar-refractivity contribution in [2.75, 3.05) is 0 Å². The molecule has 0 fully saturated rings. The van der Waals surface area contributed by atoms with Crippen molar-refractivity contribution in [3.05, 3.63) is 29.2 Å². The summed E-state index contributed by atoms with van der Waals surface area (Å²) in [5.74, 6) is -0.129. The first-order valence-electron chi connectivity index (χ1n) is 5.81. The standard InChI is InChI=1S/C12H10ClF3N2O2S/c1-6(2)10-8-3-7(13)4-9(11(8)18-5-17-10)21(19,20)12(14,15)16/h3-6H,1-2H3. The van der Waals surface area contributed by atoms with E-state index in [0.717, 1.165) is 12.4 Å². The van der Waals surface area contributed by atoms with Crippen LogP contribution in [0.15, 0.2) is 23.4 Å². The minimum Gasteiger partial charge on any atom is -0.240 e. The van der Waals surface area contributed by atoms with Crippen molar-refractivity contribution < 1.29 is 21.6 Å². The summed E-state index contributed by atoms with van der Waals surface area (Å²) in [4.78, 5) is 6.73. The number of halogens is 4. The first-order chi connectivity index (χ1) is 9.55. The maximum atomic E-state index is 12.8. The topological polar surface area (TPSA) is 59.9 Å². The molecule has 0 aliphatic heterocycles.